The maximum atomic E-state index is 5.74. The first-order valence-electron chi connectivity index (χ1n) is 9.15. The van der Waals surface area contributed by atoms with E-state index in [1.807, 2.05) is 42.9 Å². The summed E-state index contributed by atoms with van der Waals surface area (Å²) in [5, 5.41) is 0. The highest BCUT2D eigenvalue weighted by Gasteiger charge is 2.16. The number of hydrogen-bond acceptors (Lipinski definition) is 4. The number of imidazole rings is 2. The van der Waals surface area contributed by atoms with Gasteiger partial charge in [0.1, 0.15) is 12.4 Å². The summed E-state index contributed by atoms with van der Waals surface area (Å²) in [6.45, 7) is 1.77. The van der Waals surface area contributed by atoms with Gasteiger partial charge in [0, 0.05) is 19.2 Å². The number of rotatable bonds is 8. The summed E-state index contributed by atoms with van der Waals surface area (Å²) in [5.74, 6) is 0.834. The van der Waals surface area contributed by atoms with Gasteiger partial charge in [-0.15, -0.1) is 0 Å². The summed E-state index contributed by atoms with van der Waals surface area (Å²) in [6, 6.07) is 18.3. The summed E-state index contributed by atoms with van der Waals surface area (Å²) >= 11 is 0. The van der Waals surface area contributed by atoms with Gasteiger partial charge in [-0.25, -0.2) is 9.97 Å². The third kappa shape index (κ3) is 3.97. The largest absolute Gasteiger partial charge is 0.491 e. The zero-order chi connectivity index (χ0) is 19.2. The van der Waals surface area contributed by atoms with Crippen LogP contribution in [-0.2, 0) is 11.3 Å². The van der Waals surface area contributed by atoms with Crippen molar-refractivity contribution in [3.8, 4) is 28.4 Å². The predicted octanol–water partition coefficient (Wildman–Crippen LogP) is 4.01. The molecule has 0 saturated heterocycles. The zero-order valence-corrected chi connectivity index (χ0v) is 15.7. The average molecular weight is 374 g/mol. The molecule has 0 fully saturated rings. The minimum Gasteiger partial charge on any atom is -0.491 e. The number of methoxy groups -OCH3 is 1. The van der Waals surface area contributed by atoms with E-state index in [-0.39, 0.29) is 0 Å². The van der Waals surface area contributed by atoms with Crippen LogP contribution in [0, 0.1) is 0 Å². The van der Waals surface area contributed by atoms with E-state index in [1.54, 1.807) is 13.4 Å². The Hall–Kier alpha value is -3.38. The quantitative estimate of drug-likeness (QED) is 0.473. The average Bonchev–Trinajstić information content (AvgIpc) is 3.39. The number of nitrogens with zero attached hydrogens (tertiary/aromatic N) is 3. The fourth-order valence-electron chi connectivity index (χ4n) is 3.15. The van der Waals surface area contributed by atoms with Crippen LogP contribution in [0.25, 0.3) is 22.6 Å². The fraction of sp³-hybridized carbons (Fsp3) is 0.182. The van der Waals surface area contributed by atoms with Crippen molar-refractivity contribution in [2.45, 2.75) is 6.54 Å². The molecule has 0 saturated carbocycles. The number of aromatic nitrogens is 4. The number of aromatic amines is 1. The van der Waals surface area contributed by atoms with Crippen molar-refractivity contribution in [2.75, 3.05) is 20.3 Å². The Labute approximate surface area is 163 Å². The molecule has 0 atom stereocenters. The maximum Gasteiger partial charge on any atom is 0.119 e. The molecule has 4 aromatic rings. The van der Waals surface area contributed by atoms with Crippen molar-refractivity contribution in [1.29, 1.82) is 0 Å². The van der Waals surface area contributed by atoms with Gasteiger partial charge in [0.15, 0.2) is 0 Å². The van der Waals surface area contributed by atoms with Gasteiger partial charge in [-0.05, 0) is 17.7 Å². The van der Waals surface area contributed by atoms with Gasteiger partial charge in [-0.2, -0.15) is 0 Å². The Kier molecular flexibility index (Phi) is 5.49. The van der Waals surface area contributed by atoms with Crippen LogP contribution >= 0.6 is 0 Å². The second kappa shape index (κ2) is 8.54. The van der Waals surface area contributed by atoms with Crippen LogP contribution in [0.15, 0.2) is 73.4 Å². The highest BCUT2D eigenvalue weighted by Crippen LogP contribution is 2.30. The lowest BCUT2D eigenvalue weighted by Crippen LogP contribution is -2.05. The van der Waals surface area contributed by atoms with E-state index in [1.165, 1.54) is 0 Å². The van der Waals surface area contributed by atoms with E-state index >= 15 is 0 Å². The molecule has 2 aromatic heterocycles. The molecule has 2 heterocycles. The second-order valence-electron chi connectivity index (χ2n) is 6.39. The summed E-state index contributed by atoms with van der Waals surface area (Å²) in [7, 11) is 1.67. The van der Waals surface area contributed by atoms with Crippen molar-refractivity contribution >= 4 is 0 Å². The van der Waals surface area contributed by atoms with Crippen molar-refractivity contribution < 1.29 is 9.47 Å². The lowest BCUT2D eigenvalue weighted by atomic mass is 10.1. The molecule has 2 aromatic carbocycles. The molecule has 6 heteroatoms. The summed E-state index contributed by atoms with van der Waals surface area (Å²) in [5.41, 5.74) is 5.07. The van der Waals surface area contributed by atoms with Crippen molar-refractivity contribution in [3.05, 3.63) is 79.0 Å². The maximum absolute atomic E-state index is 5.74. The number of H-pyrrole nitrogens is 1. The lowest BCUT2D eigenvalue weighted by molar-refractivity contribution is 0.146. The van der Waals surface area contributed by atoms with Crippen LogP contribution in [0.4, 0.5) is 0 Å². The molecule has 1 N–H and O–H groups in total. The Morgan fingerprint density at radius 3 is 2.71 bits per heavy atom. The van der Waals surface area contributed by atoms with Crippen molar-refractivity contribution in [2.24, 2.45) is 0 Å². The summed E-state index contributed by atoms with van der Waals surface area (Å²) in [4.78, 5) is 12.1. The van der Waals surface area contributed by atoms with Crippen LogP contribution in [-0.4, -0.2) is 39.8 Å². The van der Waals surface area contributed by atoms with Gasteiger partial charge >= 0.3 is 0 Å². The molecule has 0 aliphatic heterocycles. The van der Waals surface area contributed by atoms with E-state index in [0.717, 1.165) is 34.0 Å². The van der Waals surface area contributed by atoms with E-state index in [9.17, 15) is 0 Å². The first-order valence-corrected chi connectivity index (χ1v) is 9.15. The Balaban J connectivity index is 1.66. The Bertz CT molecular complexity index is 1010. The van der Waals surface area contributed by atoms with Crippen LogP contribution < -0.4 is 4.74 Å². The molecule has 0 spiro atoms. The molecule has 0 amide bonds. The minimum atomic E-state index is 0.530. The van der Waals surface area contributed by atoms with Gasteiger partial charge < -0.3 is 19.0 Å². The number of hydrogen-bond donors (Lipinski definition) is 1. The minimum absolute atomic E-state index is 0.530. The number of ether oxygens (including phenoxy) is 2. The van der Waals surface area contributed by atoms with Crippen molar-refractivity contribution in [1.82, 2.24) is 19.5 Å². The van der Waals surface area contributed by atoms with Crippen LogP contribution in [0.2, 0.25) is 0 Å². The number of benzene rings is 2. The Morgan fingerprint density at radius 2 is 1.93 bits per heavy atom. The van der Waals surface area contributed by atoms with E-state index in [4.69, 9.17) is 9.47 Å². The standard InChI is InChI=1S/C22H22N4O2/c1-27-10-11-28-19-9-5-6-17(12-19)14-26-16-25-21(18-7-3-2-4-8-18)22(26)20-13-23-15-24-20/h2-9,12-13,15-16H,10-11,14H2,1H3,(H,23,24). The molecule has 0 aliphatic carbocycles. The highest BCUT2D eigenvalue weighted by molar-refractivity contribution is 5.76. The predicted molar refractivity (Wildman–Crippen MR) is 108 cm³/mol. The zero-order valence-electron chi connectivity index (χ0n) is 15.7. The second-order valence-corrected chi connectivity index (χ2v) is 6.39. The fourth-order valence-corrected chi connectivity index (χ4v) is 3.15. The third-order valence-corrected chi connectivity index (χ3v) is 4.45. The summed E-state index contributed by atoms with van der Waals surface area (Å²) in [6.07, 6.45) is 5.38. The van der Waals surface area contributed by atoms with Crippen LogP contribution in [0.3, 0.4) is 0 Å². The van der Waals surface area contributed by atoms with Gasteiger partial charge in [-0.3, -0.25) is 0 Å². The molecular formula is C22H22N4O2. The number of nitrogens with one attached hydrogen (secondary N) is 1. The topological polar surface area (TPSA) is 65.0 Å². The molecule has 0 radical (unpaired) electrons. The SMILES string of the molecule is COCCOc1cccc(Cn2cnc(-c3ccccc3)c2-c2cnc[nH]2)c1. The van der Waals surface area contributed by atoms with Crippen molar-refractivity contribution in [3.63, 3.8) is 0 Å². The molecule has 6 nitrogen and oxygen atoms in total. The molecule has 142 valence electrons. The molecule has 28 heavy (non-hydrogen) atoms. The van der Waals surface area contributed by atoms with Crippen LogP contribution in [0.5, 0.6) is 5.75 Å². The highest BCUT2D eigenvalue weighted by atomic mass is 16.5. The van der Waals surface area contributed by atoms with Crippen LogP contribution in [0.1, 0.15) is 5.56 Å². The molecule has 0 aliphatic rings. The van der Waals surface area contributed by atoms with Gasteiger partial charge in [0.2, 0.25) is 0 Å². The van der Waals surface area contributed by atoms with E-state index in [0.29, 0.717) is 19.8 Å². The normalized spacial score (nSPS) is 10.9. The smallest absolute Gasteiger partial charge is 0.119 e. The molecular weight excluding hydrogens is 352 g/mol. The first kappa shape index (κ1) is 18.0. The molecule has 0 unspecified atom stereocenters. The van der Waals surface area contributed by atoms with Gasteiger partial charge in [0.05, 0.1) is 42.5 Å². The third-order valence-electron chi connectivity index (χ3n) is 4.45. The van der Waals surface area contributed by atoms with E-state index < -0.39 is 0 Å². The first-order chi connectivity index (χ1) is 13.8. The molecule has 4 rings (SSSR count). The molecule has 0 bridgehead atoms. The lowest BCUT2D eigenvalue weighted by Gasteiger charge is -2.11. The van der Waals surface area contributed by atoms with Gasteiger partial charge in [0.25, 0.3) is 0 Å². The van der Waals surface area contributed by atoms with E-state index in [2.05, 4.69) is 43.8 Å². The Morgan fingerprint density at radius 1 is 1.04 bits per heavy atom. The summed E-state index contributed by atoms with van der Waals surface area (Å²) < 4.78 is 12.9. The van der Waals surface area contributed by atoms with Gasteiger partial charge in [-0.1, -0.05) is 42.5 Å². The monoisotopic (exact) mass is 374 g/mol.